The minimum Gasteiger partial charge on any atom is -0.467 e. The van der Waals surface area contributed by atoms with E-state index < -0.39 is 178 Å². The topological polar surface area (TPSA) is 376 Å². The third-order valence-electron chi connectivity index (χ3n) is 17.5. The largest absolute Gasteiger partial charge is 0.467 e. The minimum atomic E-state index is -2.11. The van der Waals surface area contributed by atoms with Crippen molar-refractivity contribution in [3.8, 4) is 0 Å². The number of hydrogen-bond acceptors (Lipinski definition) is 28. The first-order valence-corrected chi connectivity index (χ1v) is 34.2. The van der Waals surface area contributed by atoms with E-state index in [1.54, 1.807) is 170 Å². The van der Waals surface area contributed by atoms with Crippen LogP contribution < -0.4 is 5.32 Å². The molecule has 0 saturated carbocycles. The molecule has 0 aliphatic carbocycles. The van der Waals surface area contributed by atoms with Gasteiger partial charge in [-0.1, -0.05) is 175 Å². The molecule has 4 aliphatic heterocycles. The number of azide groups is 1. The van der Waals surface area contributed by atoms with Gasteiger partial charge < -0.3 is 100 Å². The van der Waals surface area contributed by atoms with Gasteiger partial charge in [0.25, 0.3) is 0 Å². The maximum atomic E-state index is 15.0. The van der Waals surface area contributed by atoms with E-state index in [1.165, 1.54) is 19.2 Å². The van der Waals surface area contributed by atoms with E-state index in [0.717, 1.165) is 35.0 Å². The van der Waals surface area contributed by atoms with Crippen molar-refractivity contribution in [2.45, 2.75) is 177 Å². The van der Waals surface area contributed by atoms with E-state index in [1.807, 2.05) is 0 Å². The van der Waals surface area contributed by atoms with Gasteiger partial charge in [0.2, 0.25) is 0 Å². The lowest BCUT2D eigenvalue weighted by Crippen LogP contribution is -2.70. The van der Waals surface area contributed by atoms with Gasteiger partial charge >= 0.3 is 41.9 Å². The summed E-state index contributed by atoms with van der Waals surface area (Å²) in [6.45, 7) is 0.876. The summed E-state index contributed by atoms with van der Waals surface area (Å²) in [6, 6.07) is 48.3. The Kier molecular flexibility index (Phi) is 29.6. The van der Waals surface area contributed by atoms with Crippen LogP contribution in [0.5, 0.6) is 0 Å². The number of rotatable bonds is 32. The first-order chi connectivity index (χ1) is 51.9. The van der Waals surface area contributed by atoms with Crippen molar-refractivity contribution in [3.63, 3.8) is 0 Å². The van der Waals surface area contributed by atoms with Crippen LogP contribution in [0.2, 0.25) is 0 Å². The number of aliphatic hydroxyl groups is 1. The van der Waals surface area contributed by atoms with Gasteiger partial charge in [0.15, 0.2) is 43.5 Å². The molecule has 4 saturated heterocycles. The third-order valence-corrected chi connectivity index (χ3v) is 17.5. The molecule has 0 spiro atoms. The van der Waals surface area contributed by atoms with Gasteiger partial charge in [-0.25, -0.2) is 19.2 Å². The second kappa shape index (κ2) is 39.7. The van der Waals surface area contributed by atoms with E-state index in [-0.39, 0.29) is 38.6 Å². The molecule has 0 unspecified atom stereocenters. The maximum Gasteiger partial charge on any atom is 0.407 e. The number of hydrogen-bond donors (Lipinski definition) is 2. The van der Waals surface area contributed by atoms with Gasteiger partial charge in [-0.05, 0) is 45.5 Å². The average molecular weight is 1490 g/mol. The number of benzene rings is 6. The molecule has 570 valence electrons. The fourth-order valence-corrected chi connectivity index (χ4v) is 12.5. The number of carbonyl (C=O) groups excluding carboxylic acids is 7. The fraction of sp³-hybridized carbons (Fsp3) is 0.434. The van der Waals surface area contributed by atoms with E-state index in [4.69, 9.17) is 90.0 Å². The molecule has 1 amide bonds. The fourth-order valence-electron chi connectivity index (χ4n) is 12.5. The minimum absolute atomic E-state index is 0.0154. The standard InChI is InChI=1S/C76H84N4O27/c1-44(81)92-42-53-58(60(94-37-47-25-13-7-14-26-47)55(72(91-6)100-53)78-76(88)98-41-51-33-21-11-22-34-51)103-75-68(102-69(85)52-35-23-12-24-36-52)64(96-39-49-29-17-9-18-30-49)65(66(107-75)71(87)90-5)106-73-56(79-80-77)61(99-46(3)83)59(54(101-73)43-93-45(2)82)104-74-67(97-40-50-31-19-10-20-32-50)62(57(84)63(105-74)70(86)89-4)95-38-48-27-15-8-16-28-48/h7-36,53-68,72-75,84H,37-43H2,1-6H3,(H,78,88)/t53-,54-,55-,56-,57+,58-,59-,60-,61-,62+,63+,64+,65+,66-,67-,68-,72+,73-,74-,75-/m1/s1. The number of ether oxygens (including phenoxy) is 19. The van der Waals surface area contributed by atoms with Crippen molar-refractivity contribution in [1.82, 2.24) is 5.32 Å². The molecule has 4 fully saturated rings. The van der Waals surface area contributed by atoms with Gasteiger partial charge in [0, 0.05) is 32.8 Å². The van der Waals surface area contributed by atoms with Crippen molar-refractivity contribution in [1.29, 1.82) is 0 Å². The van der Waals surface area contributed by atoms with Crippen LogP contribution in [0.15, 0.2) is 187 Å². The summed E-state index contributed by atoms with van der Waals surface area (Å²) >= 11 is 0. The van der Waals surface area contributed by atoms with Crippen LogP contribution in [-0.2, 0) is 147 Å². The Balaban J connectivity index is 1.08. The first-order valence-electron chi connectivity index (χ1n) is 34.2. The molecule has 0 bridgehead atoms. The highest BCUT2D eigenvalue weighted by molar-refractivity contribution is 5.89. The maximum absolute atomic E-state index is 15.0. The van der Waals surface area contributed by atoms with E-state index in [2.05, 4.69) is 15.3 Å². The molecule has 6 aromatic carbocycles. The second-order valence-electron chi connectivity index (χ2n) is 24.9. The summed E-state index contributed by atoms with van der Waals surface area (Å²) in [6.07, 6.45) is -32.9. The molecule has 6 aromatic rings. The molecule has 107 heavy (non-hydrogen) atoms. The second-order valence-corrected chi connectivity index (χ2v) is 24.9. The number of methoxy groups -OCH3 is 3. The average Bonchev–Trinajstić information content (AvgIpc) is 0.758. The number of carbonyl (C=O) groups is 7. The summed E-state index contributed by atoms with van der Waals surface area (Å²) in [4.78, 5) is 100. The predicted octanol–water partition coefficient (Wildman–Crippen LogP) is 6.99. The lowest BCUT2D eigenvalue weighted by molar-refractivity contribution is -0.376. The Morgan fingerprint density at radius 3 is 1.31 bits per heavy atom. The van der Waals surface area contributed by atoms with Gasteiger partial charge in [-0.15, -0.1) is 0 Å². The molecule has 20 atom stereocenters. The Morgan fingerprint density at radius 1 is 0.430 bits per heavy atom. The van der Waals surface area contributed by atoms with Crippen LogP contribution in [-0.4, -0.2) is 204 Å². The summed E-state index contributed by atoms with van der Waals surface area (Å²) in [7, 11) is 3.38. The van der Waals surface area contributed by atoms with Crippen LogP contribution in [0.25, 0.3) is 10.4 Å². The molecule has 10 rings (SSSR count). The van der Waals surface area contributed by atoms with Crippen molar-refractivity contribution >= 4 is 41.9 Å². The molecule has 4 heterocycles. The van der Waals surface area contributed by atoms with Crippen LogP contribution in [0.4, 0.5) is 4.79 Å². The van der Waals surface area contributed by atoms with E-state index in [0.29, 0.717) is 27.8 Å². The summed E-state index contributed by atoms with van der Waals surface area (Å²) in [5, 5.41) is 19.0. The number of nitrogens with one attached hydrogen (secondary N) is 1. The highest BCUT2D eigenvalue weighted by atomic mass is 16.8. The van der Waals surface area contributed by atoms with Crippen LogP contribution in [0.3, 0.4) is 0 Å². The summed E-state index contributed by atoms with van der Waals surface area (Å²) in [5.74, 6) is -5.94. The number of esters is 6. The molecule has 31 heteroatoms. The SMILES string of the molecule is COC(=O)[C@H]1O[C@@H](O[C@H]2[C@H](OC(C)=O)[C@@H](N=[N+]=[N-])[C@@H](O[C@H]3[C@H](OCc4ccccc4)[C@@H](OC(=O)c4ccccc4)[C@H](O[C@H]4[C@H](OCc5ccccc5)[C@@H](NC(=O)OCc5ccccc5)[C@@H](OC)O[C@@H]4COC(C)=O)O[C@H]3C(=O)OC)O[C@@H]2COC(C)=O)[C@H](OCc2ccccc2)[C@@H](OCc2ccccc2)[C@@H]1O. The van der Waals surface area contributed by atoms with Gasteiger partial charge in [-0.2, -0.15) is 0 Å². The van der Waals surface area contributed by atoms with E-state index in [9.17, 15) is 39.4 Å². The van der Waals surface area contributed by atoms with Crippen LogP contribution in [0, 0.1) is 0 Å². The predicted molar refractivity (Wildman–Crippen MR) is 367 cm³/mol. The number of aliphatic hydroxyl groups excluding tert-OH is 1. The van der Waals surface area contributed by atoms with Gasteiger partial charge in [-0.3, -0.25) is 14.4 Å². The Labute approximate surface area is 615 Å². The Morgan fingerprint density at radius 2 is 0.841 bits per heavy atom. The van der Waals surface area contributed by atoms with Crippen molar-refractivity contribution in [2.24, 2.45) is 5.11 Å². The molecular weight excluding hydrogens is 1400 g/mol. The van der Waals surface area contributed by atoms with Crippen molar-refractivity contribution in [2.75, 3.05) is 34.5 Å². The zero-order valence-electron chi connectivity index (χ0n) is 59.2. The highest BCUT2D eigenvalue weighted by Gasteiger charge is 2.61. The normalized spacial score (nSPS) is 28.3. The number of amides is 1. The Hall–Kier alpha value is -9.80. The number of alkyl carbamates (subject to hydrolysis) is 1. The molecule has 4 aliphatic rings. The third kappa shape index (κ3) is 21.7. The molecule has 0 radical (unpaired) electrons. The lowest BCUT2D eigenvalue weighted by Gasteiger charge is -2.51. The van der Waals surface area contributed by atoms with Gasteiger partial charge in [0.05, 0.1) is 46.2 Å². The van der Waals surface area contributed by atoms with Gasteiger partial charge in [0.1, 0.15) is 99.0 Å². The molecule has 0 aromatic heterocycles. The zero-order valence-corrected chi connectivity index (χ0v) is 59.2. The summed E-state index contributed by atoms with van der Waals surface area (Å²) < 4.78 is 120. The lowest BCUT2D eigenvalue weighted by atomic mass is 9.93. The van der Waals surface area contributed by atoms with Crippen molar-refractivity contribution in [3.05, 3.63) is 226 Å². The first kappa shape index (κ1) is 79.8. The number of nitrogens with zero attached hydrogens (tertiary/aromatic N) is 3. The van der Waals surface area contributed by atoms with Crippen LogP contribution in [0.1, 0.15) is 58.9 Å². The summed E-state index contributed by atoms with van der Waals surface area (Å²) in [5.41, 5.74) is 13.7. The quantitative estimate of drug-likeness (QED) is 0.0141. The smallest absolute Gasteiger partial charge is 0.407 e. The molecule has 2 N–H and O–H groups in total. The Bertz CT molecular complexity index is 3870. The van der Waals surface area contributed by atoms with Crippen LogP contribution >= 0.6 is 0 Å². The highest BCUT2D eigenvalue weighted by Crippen LogP contribution is 2.41. The molecular formula is C76H84N4O27. The van der Waals surface area contributed by atoms with Crippen molar-refractivity contribution < 1.29 is 129 Å². The van der Waals surface area contributed by atoms with E-state index >= 15 is 4.79 Å². The monoisotopic (exact) mass is 1480 g/mol. The zero-order chi connectivity index (χ0) is 75.8. The molecule has 31 nitrogen and oxygen atoms in total.